The maximum atomic E-state index is 13.3. The molecule has 4 aliphatic rings. The van der Waals surface area contributed by atoms with Crippen LogP contribution in [0.3, 0.4) is 0 Å². The van der Waals surface area contributed by atoms with E-state index in [1.54, 1.807) is 60.9 Å². The van der Waals surface area contributed by atoms with Gasteiger partial charge in [0.15, 0.2) is 0 Å². The number of piperidine rings is 2. The Hall–Kier alpha value is -6.80. The van der Waals surface area contributed by atoms with E-state index in [2.05, 4.69) is 56.6 Å². The Bertz CT molecular complexity index is 3000. The van der Waals surface area contributed by atoms with Crippen molar-refractivity contribution in [2.24, 2.45) is 0 Å². The van der Waals surface area contributed by atoms with Crippen molar-refractivity contribution in [1.82, 2.24) is 14.9 Å². The van der Waals surface area contributed by atoms with Gasteiger partial charge >= 0.3 is 13.3 Å². The zero-order chi connectivity index (χ0) is 53.8. The molecule has 2 spiro atoms. The number of aliphatic carboxylic acids is 1. The number of alkyl halides is 3. The normalized spacial score (nSPS) is 16.3. The van der Waals surface area contributed by atoms with Crippen molar-refractivity contribution >= 4 is 71.6 Å². The van der Waals surface area contributed by atoms with Crippen LogP contribution in [0.2, 0.25) is 10.3 Å². The Morgan fingerprint density at radius 1 is 0.680 bits per heavy atom. The molecule has 4 aromatic carbocycles. The molecule has 0 bridgehead atoms. The molecular weight excluding hydrogens is 1020 g/mol. The lowest BCUT2D eigenvalue weighted by atomic mass is 9.74. The second-order valence-corrected chi connectivity index (χ2v) is 19.1. The van der Waals surface area contributed by atoms with E-state index in [1.165, 1.54) is 47.4 Å². The molecule has 2 amide bonds. The highest BCUT2D eigenvalue weighted by Gasteiger charge is 2.47. The summed E-state index contributed by atoms with van der Waals surface area (Å²) in [5.41, 5.74) is 7.60. The lowest BCUT2D eigenvalue weighted by Gasteiger charge is -2.39. The molecule has 392 valence electrons. The monoisotopic (exact) mass is 1070 g/mol. The highest BCUT2D eigenvalue weighted by molar-refractivity contribution is 6.48. The van der Waals surface area contributed by atoms with Crippen molar-refractivity contribution in [1.29, 1.82) is 0 Å². The molecular formula is C55H54BCl2F5N6O6. The van der Waals surface area contributed by atoms with Crippen molar-refractivity contribution in [3.8, 4) is 0 Å². The number of nitrogens with two attached hydrogens (primary N) is 1. The Kier molecular flexibility index (Phi) is 18.8. The minimum atomic E-state index is -5.19. The van der Waals surface area contributed by atoms with Crippen LogP contribution >= 0.6 is 23.2 Å². The lowest BCUT2D eigenvalue weighted by molar-refractivity contribution is -0.665. The second kappa shape index (κ2) is 25.2. The van der Waals surface area contributed by atoms with Crippen LogP contribution in [0.4, 0.5) is 33.3 Å². The summed E-state index contributed by atoms with van der Waals surface area (Å²) < 4.78 is 57.0. The molecule has 4 N–H and O–H groups in total. The van der Waals surface area contributed by atoms with Gasteiger partial charge in [-0.05, 0) is 109 Å². The zero-order valence-electron chi connectivity index (χ0n) is 40.4. The van der Waals surface area contributed by atoms with E-state index in [1.807, 2.05) is 34.1 Å². The Morgan fingerprint density at radius 3 is 1.53 bits per heavy atom. The molecule has 0 saturated carbocycles. The molecule has 2 fully saturated rings. The number of amides is 2. The second-order valence-electron chi connectivity index (χ2n) is 18.3. The first kappa shape index (κ1) is 55.9. The quantitative estimate of drug-likeness (QED) is 0.0817. The zero-order valence-corrected chi connectivity index (χ0v) is 41.9. The van der Waals surface area contributed by atoms with E-state index in [0.717, 1.165) is 87.5 Å². The molecule has 20 heteroatoms. The number of fused-ring (bicyclic) bond motifs is 4. The number of benzene rings is 4. The number of aromatic nitrogens is 2. The van der Waals surface area contributed by atoms with Gasteiger partial charge in [0.2, 0.25) is 0 Å². The summed E-state index contributed by atoms with van der Waals surface area (Å²) in [5, 5.41) is 28.7. The van der Waals surface area contributed by atoms with Crippen LogP contribution in [0, 0.1) is 11.6 Å². The van der Waals surface area contributed by atoms with Gasteiger partial charge in [-0.3, -0.25) is 14.5 Å². The molecule has 0 aliphatic carbocycles. The number of carbonyl (C=O) groups is 3. The molecule has 0 radical (unpaired) electrons. The summed E-state index contributed by atoms with van der Waals surface area (Å²) in [7, 11) is -1.46. The van der Waals surface area contributed by atoms with Crippen LogP contribution in [-0.4, -0.2) is 102 Å². The van der Waals surface area contributed by atoms with Crippen molar-refractivity contribution in [3.63, 3.8) is 0 Å². The van der Waals surface area contributed by atoms with Crippen molar-refractivity contribution in [3.05, 3.63) is 201 Å². The molecule has 6 heterocycles. The van der Waals surface area contributed by atoms with E-state index < -0.39 is 19.3 Å². The first-order valence-corrected chi connectivity index (χ1v) is 24.7. The molecule has 0 unspecified atom stereocenters. The fourth-order valence-electron chi connectivity index (χ4n) is 9.73. The Morgan fingerprint density at radius 2 is 1.11 bits per heavy atom. The average molecular weight is 1070 g/mol. The van der Waals surface area contributed by atoms with Gasteiger partial charge in [-0.25, -0.2) is 18.7 Å². The maximum absolute atomic E-state index is 13.3. The molecule has 0 atom stereocenters. The highest BCUT2D eigenvalue weighted by atomic mass is 35.5. The van der Waals surface area contributed by atoms with Crippen LogP contribution in [0.5, 0.6) is 0 Å². The third-order valence-electron chi connectivity index (χ3n) is 13.5. The molecule has 4 aliphatic heterocycles. The van der Waals surface area contributed by atoms with Gasteiger partial charge < -0.3 is 35.1 Å². The third kappa shape index (κ3) is 14.5. The topological polar surface area (TPSA) is 167 Å². The SMILES string of the molecule is O=C([O-])C(F)(F)F.O=C(c1ccnc(Cl)c1)N1CC2(CCN(C/C=C/c3ccc(F)cc3)CC2)c2ccccc21.O=C(c1ccnc(Cl)c1)N1CC2(CC[NH2+]CC2)c2ccccc21.OB(O)/C=C/c1ccc(F)cc1.[HH]. The van der Waals surface area contributed by atoms with Crippen LogP contribution in [0.25, 0.3) is 12.2 Å². The number of likely N-dealkylation sites (tertiary alicyclic amines) is 1. The first-order chi connectivity index (χ1) is 35.9. The largest absolute Gasteiger partial charge is 0.542 e. The van der Waals surface area contributed by atoms with E-state index in [0.29, 0.717) is 28.0 Å². The summed E-state index contributed by atoms with van der Waals surface area (Å²) >= 11 is 12.0. The standard InChI is InChI=1S/C27H25ClFN3O.C18H18ClN3O.C8H8BFO2.C2HF3O2.H2/c28-25-18-21(11-14-30-25)26(33)32-19-27(23-5-1-2-6-24(23)32)12-16-31(17-13-27)15-3-4-20-7-9-22(29)10-8-20;19-16-11-13(5-8-21-16)17(23)22-12-18(6-9-20-10-7-18)14-3-1-2-4-15(14)22;10-8-3-1-7(2-4-8)5-6-9(11)12;3-2(4,5)1(6)7;/h1-11,14,18H,12-13,15-17,19H2;1-5,8,11,20H,6-7,9-10,12H2;1-6,11-12H;(H,6,7);1H/b4-3+;;6-5+;;. The van der Waals surface area contributed by atoms with E-state index in [4.69, 9.17) is 43.2 Å². The van der Waals surface area contributed by atoms with Crippen molar-refractivity contribution < 1.29 is 58.2 Å². The van der Waals surface area contributed by atoms with Gasteiger partial charge in [0, 0.05) is 79.6 Å². The molecule has 6 aromatic rings. The Balaban J connectivity index is 0.000000188. The molecule has 10 rings (SSSR count). The minimum Gasteiger partial charge on any atom is -0.542 e. The summed E-state index contributed by atoms with van der Waals surface area (Å²) in [4.78, 5) is 49.4. The highest BCUT2D eigenvalue weighted by Crippen LogP contribution is 2.48. The van der Waals surface area contributed by atoms with E-state index in [9.17, 15) is 31.5 Å². The van der Waals surface area contributed by atoms with Crippen LogP contribution in [-0.2, 0) is 15.6 Å². The number of pyridine rings is 2. The fraction of sp³-hybridized carbons (Fsp3) is 0.255. The van der Waals surface area contributed by atoms with E-state index in [-0.39, 0.29) is 35.7 Å². The maximum Gasteiger partial charge on any atom is 0.480 e. The average Bonchev–Trinajstić information content (AvgIpc) is 3.94. The number of carboxylic acids is 1. The number of hydrogen-bond acceptors (Lipinski definition) is 9. The van der Waals surface area contributed by atoms with Gasteiger partial charge in [-0.2, -0.15) is 13.2 Å². The van der Waals surface area contributed by atoms with Crippen LogP contribution < -0.4 is 20.2 Å². The molecule has 75 heavy (non-hydrogen) atoms. The third-order valence-corrected chi connectivity index (χ3v) is 13.9. The number of para-hydroxylation sites is 2. The first-order valence-electron chi connectivity index (χ1n) is 24.0. The molecule has 12 nitrogen and oxygen atoms in total. The van der Waals surface area contributed by atoms with Gasteiger partial charge in [0.1, 0.15) is 27.9 Å². The number of anilines is 2. The fourth-order valence-corrected chi connectivity index (χ4v) is 10.1. The lowest BCUT2D eigenvalue weighted by Crippen LogP contribution is -2.87. The van der Waals surface area contributed by atoms with Gasteiger partial charge in [-0.1, -0.05) is 108 Å². The van der Waals surface area contributed by atoms with Crippen LogP contribution in [0.15, 0.2) is 146 Å². The number of quaternary nitrogens is 1. The Labute approximate surface area is 442 Å². The minimum absolute atomic E-state index is 0. The van der Waals surface area contributed by atoms with Crippen LogP contribution in [0.1, 0.15) is 70.1 Å². The summed E-state index contributed by atoms with van der Waals surface area (Å²) in [6.07, 6.45) is 7.87. The number of carboxylic acid groups (broad SMARTS) is 1. The summed E-state index contributed by atoms with van der Waals surface area (Å²) in [6, 6.07) is 35.6. The smallest absolute Gasteiger partial charge is 0.480 e. The van der Waals surface area contributed by atoms with Crippen molar-refractivity contribution in [2.75, 3.05) is 55.6 Å². The number of nitrogens with zero attached hydrogens (tertiary/aromatic N) is 5. The number of halogens is 7. The number of carbonyl (C=O) groups excluding carboxylic acids is 3. The van der Waals surface area contributed by atoms with Gasteiger partial charge in [0.05, 0.1) is 13.1 Å². The predicted octanol–water partition coefficient (Wildman–Crippen LogP) is 7.97. The van der Waals surface area contributed by atoms with Crippen molar-refractivity contribution in [2.45, 2.75) is 42.7 Å². The van der Waals surface area contributed by atoms with Gasteiger partial charge in [0.25, 0.3) is 11.8 Å². The number of rotatable bonds is 7. The molecule has 2 saturated heterocycles. The number of hydrogen-bond donors (Lipinski definition) is 3. The van der Waals surface area contributed by atoms with Gasteiger partial charge in [-0.15, -0.1) is 0 Å². The summed E-state index contributed by atoms with van der Waals surface area (Å²) in [6.45, 7) is 6.47. The molecule has 2 aromatic heterocycles. The van der Waals surface area contributed by atoms with E-state index >= 15 is 0 Å². The summed E-state index contributed by atoms with van der Waals surface area (Å²) in [5.74, 6) is -2.36. The predicted molar refractivity (Wildman–Crippen MR) is 279 cm³/mol.